The van der Waals surface area contributed by atoms with Gasteiger partial charge in [0.25, 0.3) is 5.91 Å². The van der Waals surface area contributed by atoms with E-state index >= 15 is 0 Å². The number of rotatable bonds is 2. The molecule has 1 atom stereocenters. The molecule has 6 nitrogen and oxygen atoms in total. The van der Waals surface area contributed by atoms with Crippen LogP contribution in [0.15, 0.2) is 36.5 Å². The van der Waals surface area contributed by atoms with Gasteiger partial charge in [-0.2, -0.15) is 0 Å². The Morgan fingerprint density at radius 3 is 2.90 bits per heavy atom. The summed E-state index contributed by atoms with van der Waals surface area (Å²) in [4.78, 5) is 29.7. The molecule has 6 heteroatoms. The number of fused-ring (bicyclic) bond motifs is 1. The number of carboxylic acid groups (broad SMARTS) is 1. The van der Waals surface area contributed by atoms with E-state index in [1.165, 1.54) is 4.90 Å². The van der Waals surface area contributed by atoms with Crippen LogP contribution in [0.4, 0.5) is 0 Å². The van der Waals surface area contributed by atoms with Gasteiger partial charge < -0.3 is 15.3 Å². The topological polar surface area (TPSA) is 82.5 Å². The third-order valence-corrected chi connectivity index (χ3v) is 3.67. The van der Waals surface area contributed by atoms with Gasteiger partial charge >= 0.3 is 5.97 Å². The molecule has 1 aromatic heterocycles. The Balaban J connectivity index is 2.01. The van der Waals surface area contributed by atoms with Crippen molar-refractivity contribution >= 4 is 22.8 Å². The van der Waals surface area contributed by atoms with E-state index in [1.807, 2.05) is 24.3 Å². The summed E-state index contributed by atoms with van der Waals surface area (Å²) >= 11 is 0. The van der Waals surface area contributed by atoms with Gasteiger partial charge in [-0.15, -0.1) is 0 Å². The van der Waals surface area contributed by atoms with Crippen molar-refractivity contribution in [2.24, 2.45) is 0 Å². The number of aromatic nitrogens is 1. The molecule has 1 aromatic carbocycles. The minimum absolute atomic E-state index is 0.262. The molecule has 0 spiro atoms. The molecule has 0 saturated carbocycles. The van der Waals surface area contributed by atoms with Crippen LogP contribution in [0.25, 0.3) is 10.9 Å². The zero-order valence-corrected chi connectivity index (χ0v) is 11.3. The lowest BCUT2D eigenvalue weighted by Crippen LogP contribution is -2.57. The average Bonchev–Trinajstić information content (AvgIpc) is 2.53. The van der Waals surface area contributed by atoms with Gasteiger partial charge in [-0.1, -0.05) is 18.2 Å². The van der Waals surface area contributed by atoms with Gasteiger partial charge in [0.05, 0.1) is 11.1 Å². The van der Waals surface area contributed by atoms with Crippen molar-refractivity contribution in [3.8, 4) is 0 Å². The van der Waals surface area contributed by atoms with E-state index in [-0.39, 0.29) is 12.5 Å². The predicted octanol–water partition coefficient (Wildman–Crippen LogP) is 0.733. The molecule has 0 aliphatic carbocycles. The monoisotopic (exact) mass is 285 g/mol. The number of hydrogen-bond acceptors (Lipinski definition) is 4. The Morgan fingerprint density at radius 2 is 2.10 bits per heavy atom. The fraction of sp³-hybridized carbons (Fsp3) is 0.267. The lowest BCUT2D eigenvalue weighted by Gasteiger charge is -2.33. The summed E-state index contributed by atoms with van der Waals surface area (Å²) < 4.78 is 0. The molecule has 2 N–H and O–H groups in total. The molecule has 1 amide bonds. The zero-order chi connectivity index (χ0) is 14.8. The minimum atomic E-state index is -0.992. The van der Waals surface area contributed by atoms with Crippen molar-refractivity contribution in [1.29, 1.82) is 0 Å². The molecule has 1 saturated heterocycles. The van der Waals surface area contributed by atoms with Crippen LogP contribution in [0.1, 0.15) is 10.4 Å². The van der Waals surface area contributed by atoms with Gasteiger partial charge in [-0.3, -0.25) is 9.78 Å². The molecule has 0 radical (unpaired) electrons. The first-order chi connectivity index (χ1) is 10.2. The largest absolute Gasteiger partial charge is 0.480 e. The standard InChI is InChI=1S/C15H15N3O3/c19-14(18-8-7-16-9-13(18)15(20)21)11-5-6-17-12-4-2-1-3-10(11)12/h1-6,13,16H,7-9H2,(H,20,21). The van der Waals surface area contributed by atoms with Crippen molar-refractivity contribution in [3.05, 3.63) is 42.1 Å². The molecular weight excluding hydrogens is 270 g/mol. The van der Waals surface area contributed by atoms with Crippen molar-refractivity contribution < 1.29 is 14.7 Å². The van der Waals surface area contributed by atoms with Crippen molar-refractivity contribution in [1.82, 2.24) is 15.2 Å². The summed E-state index contributed by atoms with van der Waals surface area (Å²) in [5.74, 6) is -1.25. The van der Waals surface area contributed by atoms with E-state index in [4.69, 9.17) is 0 Å². The van der Waals surface area contributed by atoms with Gasteiger partial charge in [-0.05, 0) is 12.1 Å². The number of carboxylic acids is 1. The number of nitrogens with zero attached hydrogens (tertiary/aromatic N) is 2. The molecular formula is C15H15N3O3. The lowest BCUT2D eigenvalue weighted by molar-refractivity contribution is -0.142. The minimum Gasteiger partial charge on any atom is -0.480 e. The van der Waals surface area contributed by atoms with E-state index in [9.17, 15) is 14.7 Å². The number of para-hydroxylation sites is 1. The highest BCUT2D eigenvalue weighted by Gasteiger charge is 2.32. The van der Waals surface area contributed by atoms with E-state index < -0.39 is 12.0 Å². The first-order valence-corrected chi connectivity index (χ1v) is 6.77. The van der Waals surface area contributed by atoms with Crippen LogP contribution in [0.5, 0.6) is 0 Å². The van der Waals surface area contributed by atoms with Gasteiger partial charge in [-0.25, -0.2) is 4.79 Å². The maximum atomic E-state index is 12.7. The fourth-order valence-corrected chi connectivity index (χ4v) is 2.61. The van der Waals surface area contributed by atoms with Crippen molar-refractivity contribution in [2.45, 2.75) is 6.04 Å². The summed E-state index contributed by atoms with van der Waals surface area (Å²) in [6, 6.07) is 8.16. The Bertz CT molecular complexity index is 696. The maximum Gasteiger partial charge on any atom is 0.327 e. The third-order valence-electron chi connectivity index (χ3n) is 3.67. The van der Waals surface area contributed by atoms with Gasteiger partial charge in [0.1, 0.15) is 6.04 Å². The van der Waals surface area contributed by atoms with Gasteiger partial charge in [0.2, 0.25) is 0 Å². The number of amides is 1. The molecule has 2 heterocycles. The number of nitrogens with one attached hydrogen (secondary N) is 1. The lowest BCUT2D eigenvalue weighted by atomic mass is 10.1. The SMILES string of the molecule is O=C(O)C1CNCCN1C(=O)c1ccnc2ccccc12. The van der Waals surface area contributed by atoms with E-state index in [2.05, 4.69) is 10.3 Å². The first kappa shape index (κ1) is 13.5. The molecule has 1 aliphatic rings. The van der Waals surface area contributed by atoms with Crippen LogP contribution in [0.2, 0.25) is 0 Å². The zero-order valence-electron chi connectivity index (χ0n) is 11.3. The van der Waals surface area contributed by atoms with Crippen molar-refractivity contribution in [3.63, 3.8) is 0 Å². The molecule has 2 aromatic rings. The number of carbonyl (C=O) groups is 2. The second-order valence-electron chi connectivity index (χ2n) is 4.93. The summed E-state index contributed by atoms with van der Waals surface area (Å²) in [7, 11) is 0. The van der Waals surface area contributed by atoms with Gasteiger partial charge in [0, 0.05) is 31.2 Å². The quantitative estimate of drug-likeness (QED) is 0.850. The summed E-state index contributed by atoms with van der Waals surface area (Å²) in [5, 5.41) is 13.0. The van der Waals surface area contributed by atoms with E-state index in [0.29, 0.717) is 18.7 Å². The fourth-order valence-electron chi connectivity index (χ4n) is 2.61. The first-order valence-electron chi connectivity index (χ1n) is 6.77. The molecule has 0 bridgehead atoms. The average molecular weight is 285 g/mol. The number of carbonyl (C=O) groups excluding carboxylic acids is 1. The van der Waals surface area contributed by atoms with Crippen LogP contribution < -0.4 is 5.32 Å². The van der Waals surface area contributed by atoms with E-state index in [0.717, 1.165) is 10.9 Å². The smallest absolute Gasteiger partial charge is 0.327 e. The van der Waals surface area contributed by atoms with Gasteiger partial charge in [0.15, 0.2) is 0 Å². The molecule has 3 rings (SSSR count). The van der Waals surface area contributed by atoms with Crippen LogP contribution in [-0.2, 0) is 4.79 Å². The van der Waals surface area contributed by atoms with Crippen LogP contribution in [0.3, 0.4) is 0 Å². The second-order valence-corrected chi connectivity index (χ2v) is 4.93. The molecule has 1 unspecified atom stereocenters. The van der Waals surface area contributed by atoms with Crippen LogP contribution >= 0.6 is 0 Å². The summed E-state index contributed by atoms with van der Waals surface area (Å²) in [6.45, 7) is 1.25. The highest BCUT2D eigenvalue weighted by atomic mass is 16.4. The molecule has 1 fully saturated rings. The van der Waals surface area contributed by atoms with Crippen molar-refractivity contribution in [2.75, 3.05) is 19.6 Å². The number of hydrogen-bond donors (Lipinski definition) is 2. The Kier molecular flexibility index (Phi) is 3.53. The molecule has 1 aliphatic heterocycles. The summed E-state index contributed by atoms with van der Waals surface area (Å²) in [5.41, 5.74) is 1.22. The number of pyridine rings is 1. The third kappa shape index (κ3) is 2.45. The highest BCUT2D eigenvalue weighted by Crippen LogP contribution is 2.19. The van der Waals surface area contributed by atoms with Crippen LogP contribution in [-0.4, -0.2) is 52.5 Å². The normalized spacial score (nSPS) is 18.7. The second kappa shape index (κ2) is 5.49. The molecule has 21 heavy (non-hydrogen) atoms. The molecule has 108 valence electrons. The summed E-state index contributed by atoms with van der Waals surface area (Å²) in [6.07, 6.45) is 1.58. The van der Waals surface area contributed by atoms with E-state index in [1.54, 1.807) is 12.3 Å². The Labute approximate surface area is 121 Å². The number of piperazine rings is 1. The maximum absolute atomic E-state index is 12.7. The van der Waals surface area contributed by atoms with Crippen LogP contribution in [0, 0.1) is 0 Å². The number of benzene rings is 1. The number of aliphatic carboxylic acids is 1. The Hall–Kier alpha value is -2.47. The highest BCUT2D eigenvalue weighted by molar-refractivity contribution is 6.07. The Morgan fingerprint density at radius 1 is 1.29 bits per heavy atom. The predicted molar refractivity (Wildman–Crippen MR) is 77.1 cm³/mol.